The summed E-state index contributed by atoms with van der Waals surface area (Å²) in [5, 5.41) is 28.9. The van der Waals surface area contributed by atoms with Gasteiger partial charge in [0.25, 0.3) is 0 Å². The molecule has 11 heteroatoms. The molecule has 3 rings (SSSR count). The molecule has 0 bridgehead atoms. The molecule has 0 radical (unpaired) electrons. The average Bonchev–Trinajstić information content (AvgIpc) is 3.40. The molecule has 0 aliphatic heterocycles. The third-order valence-electron chi connectivity index (χ3n) is 5.12. The first-order chi connectivity index (χ1) is 14.5. The summed E-state index contributed by atoms with van der Waals surface area (Å²) in [6, 6.07) is 0. The SMILES string of the molecule is O=C(CCOCc1cn(Cc2nc(C(=O)O)co2)nn1)NC[C@H]1CCC[C@@H](CO)C1. The Bertz CT molecular complexity index is 835. The van der Waals surface area contributed by atoms with E-state index in [0.29, 0.717) is 24.1 Å². The number of carbonyl (C=O) groups is 2. The number of aliphatic hydroxyl groups is 1. The van der Waals surface area contributed by atoms with Crippen molar-refractivity contribution in [1.29, 1.82) is 0 Å². The van der Waals surface area contributed by atoms with E-state index in [9.17, 15) is 14.7 Å². The molecule has 2 atom stereocenters. The van der Waals surface area contributed by atoms with Crippen LogP contribution >= 0.6 is 0 Å². The lowest BCUT2D eigenvalue weighted by atomic mass is 9.82. The first-order valence-corrected chi connectivity index (χ1v) is 10.1. The van der Waals surface area contributed by atoms with Crippen LogP contribution in [0.5, 0.6) is 0 Å². The van der Waals surface area contributed by atoms with Crippen LogP contribution in [0.2, 0.25) is 0 Å². The Hall–Kier alpha value is -2.79. The number of nitrogens with zero attached hydrogens (tertiary/aromatic N) is 4. The van der Waals surface area contributed by atoms with Gasteiger partial charge in [-0.2, -0.15) is 0 Å². The van der Waals surface area contributed by atoms with Crippen molar-refractivity contribution in [2.75, 3.05) is 19.8 Å². The number of oxazole rings is 1. The third-order valence-corrected chi connectivity index (χ3v) is 5.12. The van der Waals surface area contributed by atoms with E-state index in [1.807, 2.05) is 0 Å². The lowest BCUT2D eigenvalue weighted by molar-refractivity contribution is -0.122. The number of aliphatic hydroxyl groups excluding tert-OH is 1. The second-order valence-corrected chi connectivity index (χ2v) is 7.53. The summed E-state index contributed by atoms with van der Waals surface area (Å²) in [6.45, 7) is 1.50. The van der Waals surface area contributed by atoms with Gasteiger partial charge in [0, 0.05) is 19.6 Å². The lowest BCUT2D eigenvalue weighted by Gasteiger charge is -2.27. The minimum absolute atomic E-state index is 0.0529. The van der Waals surface area contributed by atoms with Crippen LogP contribution in [0, 0.1) is 11.8 Å². The van der Waals surface area contributed by atoms with Crippen LogP contribution in [-0.4, -0.2) is 61.8 Å². The van der Waals surface area contributed by atoms with Gasteiger partial charge in [-0.3, -0.25) is 4.79 Å². The number of carbonyl (C=O) groups excluding carboxylic acids is 1. The molecular formula is C19H27N5O6. The summed E-state index contributed by atoms with van der Waals surface area (Å²) in [7, 11) is 0. The molecule has 1 saturated carbocycles. The van der Waals surface area contributed by atoms with Crippen LogP contribution in [0.3, 0.4) is 0 Å². The van der Waals surface area contributed by atoms with E-state index >= 15 is 0 Å². The van der Waals surface area contributed by atoms with E-state index in [2.05, 4.69) is 20.6 Å². The standard InChI is InChI=1S/C19H27N5O6/c25-10-14-3-1-2-13(6-14)7-20-17(26)4-5-29-11-15-8-24(23-22-15)9-18-21-16(12-30-18)19(27)28/h8,12-14,25H,1-7,9-11H2,(H,20,26)(H,27,28)/t13-,14+/m0/s1. The summed E-state index contributed by atoms with van der Waals surface area (Å²) >= 11 is 0. The zero-order chi connectivity index (χ0) is 21.3. The maximum atomic E-state index is 12.0. The van der Waals surface area contributed by atoms with Gasteiger partial charge in [0.2, 0.25) is 11.8 Å². The Balaban J connectivity index is 1.30. The number of rotatable bonds is 11. The second kappa shape index (κ2) is 10.8. The number of carboxylic acids is 1. The van der Waals surface area contributed by atoms with E-state index in [-0.39, 0.29) is 50.3 Å². The number of aromatic nitrogens is 4. The maximum Gasteiger partial charge on any atom is 0.357 e. The summed E-state index contributed by atoms with van der Waals surface area (Å²) in [6.07, 6.45) is 7.21. The molecule has 1 aliphatic carbocycles. The van der Waals surface area contributed by atoms with Crippen LogP contribution in [0.25, 0.3) is 0 Å². The molecule has 0 aromatic carbocycles. The fourth-order valence-electron chi connectivity index (χ4n) is 3.54. The molecule has 0 spiro atoms. The van der Waals surface area contributed by atoms with Gasteiger partial charge in [-0.1, -0.05) is 11.6 Å². The van der Waals surface area contributed by atoms with Crippen molar-refractivity contribution in [1.82, 2.24) is 25.3 Å². The zero-order valence-corrected chi connectivity index (χ0v) is 16.7. The molecule has 2 aromatic heterocycles. The van der Waals surface area contributed by atoms with E-state index in [1.165, 1.54) is 4.68 Å². The van der Waals surface area contributed by atoms with Crippen LogP contribution in [0.4, 0.5) is 0 Å². The quantitative estimate of drug-likeness (QED) is 0.448. The van der Waals surface area contributed by atoms with Crippen LogP contribution in [0.15, 0.2) is 16.9 Å². The van der Waals surface area contributed by atoms with Gasteiger partial charge in [-0.25, -0.2) is 14.5 Å². The molecule has 1 fully saturated rings. The number of nitrogens with one attached hydrogen (secondary N) is 1. The molecule has 30 heavy (non-hydrogen) atoms. The lowest BCUT2D eigenvalue weighted by Crippen LogP contribution is -2.32. The van der Waals surface area contributed by atoms with Gasteiger partial charge in [0.05, 0.1) is 19.4 Å². The summed E-state index contributed by atoms with van der Waals surface area (Å²) < 4.78 is 12.0. The van der Waals surface area contributed by atoms with Gasteiger partial charge in [0.15, 0.2) is 5.69 Å². The molecular weight excluding hydrogens is 394 g/mol. The first-order valence-electron chi connectivity index (χ1n) is 10.1. The van der Waals surface area contributed by atoms with E-state index < -0.39 is 5.97 Å². The highest BCUT2D eigenvalue weighted by Crippen LogP contribution is 2.28. The molecule has 11 nitrogen and oxygen atoms in total. The smallest absolute Gasteiger partial charge is 0.357 e. The van der Waals surface area contributed by atoms with Gasteiger partial charge in [-0.05, 0) is 31.1 Å². The van der Waals surface area contributed by atoms with Gasteiger partial charge < -0.3 is 24.7 Å². The number of hydrogen-bond donors (Lipinski definition) is 3. The predicted molar refractivity (Wildman–Crippen MR) is 102 cm³/mol. The van der Waals surface area contributed by atoms with Crippen LogP contribution < -0.4 is 5.32 Å². The highest BCUT2D eigenvalue weighted by atomic mass is 16.5. The van der Waals surface area contributed by atoms with Crippen molar-refractivity contribution in [3.8, 4) is 0 Å². The Morgan fingerprint density at radius 3 is 2.93 bits per heavy atom. The van der Waals surface area contributed by atoms with Gasteiger partial charge in [0.1, 0.15) is 18.5 Å². The number of carboxylic acid groups (broad SMARTS) is 1. The van der Waals surface area contributed by atoms with Gasteiger partial charge >= 0.3 is 5.97 Å². The number of ether oxygens (including phenoxy) is 1. The van der Waals surface area contributed by atoms with Crippen molar-refractivity contribution in [2.45, 2.75) is 45.3 Å². The van der Waals surface area contributed by atoms with Crippen LogP contribution in [0.1, 0.15) is 54.2 Å². The monoisotopic (exact) mass is 421 g/mol. The van der Waals surface area contributed by atoms with Crippen molar-refractivity contribution in [3.05, 3.63) is 29.7 Å². The molecule has 164 valence electrons. The Kier molecular flexibility index (Phi) is 7.91. The number of amides is 1. The average molecular weight is 421 g/mol. The Labute approximate surface area is 173 Å². The normalized spacial score (nSPS) is 19.0. The maximum absolute atomic E-state index is 12.0. The van der Waals surface area contributed by atoms with Crippen molar-refractivity contribution in [2.24, 2.45) is 11.8 Å². The van der Waals surface area contributed by atoms with E-state index in [0.717, 1.165) is 31.9 Å². The topological polar surface area (TPSA) is 153 Å². The fraction of sp³-hybridized carbons (Fsp3) is 0.632. The zero-order valence-electron chi connectivity index (χ0n) is 16.7. The van der Waals surface area contributed by atoms with Gasteiger partial charge in [-0.15, -0.1) is 5.10 Å². The van der Waals surface area contributed by atoms with E-state index in [4.69, 9.17) is 14.3 Å². The number of hydrogen-bond acceptors (Lipinski definition) is 8. The molecule has 2 aromatic rings. The molecule has 2 heterocycles. The van der Waals surface area contributed by atoms with E-state index in [1.54, 1.807) is 6.20 Å². The third kappa shape index (κ3) is 6.63. The van der Waals surface area contributed by atoms with Crippen molar-refractivity contribution in [3.63, 3.8) is 0 Å². The summed E-state index contributed by atoms with van der Waals surface area (Å²) in [4.78, 5) is 26.6. The van der Waals surface area contributed by atoms with Crippen molar-refractivity contribution >= 4 is 11.9 Å². The Morgan fingerprint density at radius 1 is 1.33 bits per heavy atom. The second-order valence-electron chi connectivity index (χ2n) is 7.53. The largest absolute Gasteiger partial charge is 0.476 e. The first kappa shape index (κ1) is 21.9. The van der Waals surface area contributed by atoms with Crippen LogP contribution in [-0.2, 0) is 22.7 Å². The fourth-order valence-corrected chi connectivity index (χ4v) is 3.54. The molecule has 1 amide bonds. The summed E-state index contributed by atoms with van der Waals surface area (Å²) in [5.74, 6) is -0.200. The molecule has 0 saturated heterocycles. The van der Waals surface area contributed by atoms with Crippen molar-refractivity contribution < 1.29 is 29.0 Å². The summed E-state index contributed by atoms with van der Waals surface area (Å²) in [5.41, 5.74) is 0.418. The molecule has 3 N–H and O–H groups in total. The minimum Gasteiger partial charge on any atom is -0.476 e. The molecule has 1 aliphatic rings. The highest BCUT2D eigenvalue weighted by Gasteiger charge is 2.21. The Morgan fingerprint density at radius 2 is 2.17 bits per heavy atom. The number of aromatic carboxylic acids is 1. The predicted octanol–water partition coefficient (Wildman–Crippen LogP) is 0.834. The molecule has 0 unspecified atom stereocenters. The highest BCUT2D eigenvalue weighted by molar-refractivity contribution is 5.84. The minimum atomic E-state index is -1.16.